The SMILES string of the molecule is CCCCC(=O)NC1CC(C(=O)OC)Nc2cc(Cl)cc(Cl)c21. The zero-order valence-corrected chi connectivity index (χ0v) is 14.6. The molecule has 1 aromatic carbocycles. The molecule has 1 heterocycles. The molecule has 7 heteroatoms. The number of methoxy groups -OCH3 is 1. The maximum absolute atomic E-state index is 12.1. The molecular formula is C16H20Cl2N2O3. The quantitative estimate of drug-likeness (QED) is 0.787. The second kappa shape index (κ2) is 7.88. The first-order chi connectivity index (χ1) is 11.0. The third kappa shape index (κ3) is 4.30. The lowest BCUT2D eigenvalue weighted by atomic mass is 9.92. The number of halogens is 2. The third-order valence-corrected chi connectivity index (χ3v) is 4.35. The molecule has 0 spiro atoms. The summed E-state index contributed by atoms with van der Waals surface area (Å²) in [7, 11) is 1.33. The molecule has 0 aromatic heterocycles. The van der Waals surface area contributed by atoms with E-state index in [1.54, 1.807) is 12.1 Å². The van der Waals surface area contributed by atoms with E-state index in [0.29, 0.717) is 28.6 Å². The molecule has 1 aliphatic rings. The molecule has 0 saturated carbocycles. The Kier molecular flexibility index (Phi) is 6.13. The third-order valence-electron chi connectivity index (χ3n) is 3.82. The maximum Gasteiger partial charge on any atom is 0.328 e. The highest BCUT2D eigenvalue weighted by Gasteiger charge is 2.34. The van der Waals surface area contributed by atoms with Crippen LogP contribution < -0.4 is 10.6 Å². The molecule has 2 rings (SSSR count). The predicted molar refractivity (Wildman–Crippen MR) is 90.9 cm³/mol. The number of nitrogens with one attached hydrogen (secondary N) is 2. The van der Waals surface area contributed by atoms with Crippen molar-refractivity contribution in [1.29, 1.82) is 0 Å². The summed E-state index contributed by atoms with van der Waals surface area (Å²) in [5, 5.41) is 6.97. The first-order valence-electron chi connectivity index (χ1n) is 7.59. The first kappa shape index (κ1) is 17.9. The summed E-state index contributed by atoms with van der Waals surface area (Å²) in [5.74, 6) is -0.445. The number of hydrogen-bond donors (Lipinski definition) is 2. The van der Waals surface area contributed by atoms with Gasteiger partial charge in [0, 0.05) is 34.1 Å². The van der Waals surface area contributed by atoms with Gasteiger partial charge in [-0.25, -0.2) is 4.79 Å². The Balaban J connectivity index is 2.29. The monoisotopic (exact) mass is 358 g/mol. The summed E-state index contributed by atoms with van der Waals surface area (Å²) in [6.45, 7) is 2.03. The van der Waals surface area contributed by atoms with Crippen molar-refractivity contribution in [2.45, 2.75) is 44.7 Å². The zero-order chi connectivity index (χ0) is 17.0. The van der Waals surface area contributed by atoms with E-state index in [0.717, 1.165) is 18.4 Å². The van der Waals surface area contributed by atoms with E-state index in [-0.39, 0.29) is 17.9 Å². The van der Waals surface area contributed by atoms with Crippen LogP contribution in [0.15, 0.2) is 12.1 Å². The first-order valence-corrected chi connectivity index (χ1v) is 8.34. The Bertz CT molecular complexity index is 607. The van der Waals surface area contributed by atoms with Gasteiger partial charge in [0.05, 0.1) is 13.2 Å². The van der Waals surface area contributed by atoms with Crippen molar-refractivity contribution in [1.82, 2.24) is 5.32 Å². The van der Waals surface area contributed by atoms with Crippen molar-refractivity contribution in [2.75, 3.05) is 12.4 Å². The number of hydrogen-bond acceptors (Lipinski definition) is 4. The van der Waals surface area contributed by atoms with Crippen LogP contribution in [-0.4, -0.2) is 25.0 Å². The van der Waals surface area contributed by atoms with Crippen LogP contribution in [0.3, 0.4) is 0 Å². The molecule has 1 amide bonds. The molecule has 23 heavy (non-hydrogen) atoms. The van der Waals surface area contributed by atoms with Crippen molar-refractivity contribution in [3.8, 4) is 0 Å². The minimum Gasteiger partial charge on any atom is -0.467 e. The van der Waals surface area contributed by atoms with Gasteiger partial charge in [0.25, 0.3) is 0 Å². The molecule has 0 aliphatic carbocycles. The van der Waals surface area contributed by atoms with E-state index in [1.165, 1.54) is 7.11 Å². The average Bonchev–Trinajstić information content (AvgIpc) is 2.50. The molecule has 0 bridgehead atoms. The van der Waals surface area contributed by atoms with Crippen LogP contribution in [0.1, 0.15) is 44.2 Å². The van der Waals surface area contributed by atoms with Gasteiger partial charge in [0.1, 0.15) is 6.04 Å². The minimum atomic E-state index is -0.557. The van der Waals surface area contributed by atoms with Crippen molar-refractivity contribution < 1.29 is 14.3 Å². The van der Waals surface area contributed by atoms with E-state index in [2.05, 4.69) is 10.6 Å². The molecule has 2 N–H and O–H groups in total. The molecule has 1 aromatic rings. The van der Waals surface area contributed by atoms with Gasteiger partial charge in [0.15, 0.2) is 0 Å². The van der Waals surface area contributed by atoms with Gasteiger partial charge in [-0.05, 0) is 18.6 Å². The normalized spacial score (nSPS) is 19.5. The largest absolute Gasteiger partial charge is 0.467 e. The number of esters is 1. The van der Waals surface area contributed by atoms with Gasteiger partial charge >= 0.3 is 5.97 Å². The summed E-state index contributed by atoms with van der Waals surface area (Å²) in [4.78, 5) is 24.0. The summed E-state index contributed by atoms with van der Waals surface area (Å²) >= 11 is 12.3. The second-order valence-corrected chi connectivity index (χ2v) is 6.37. The topological polar surface area (TPSA) is 67.4 Å². The Labute approximate surface area is 145 Å². The minimum absolute atomic E-state index is 0.0562. The average molecular weight is 359 g/mol. The van der Waals surface area contributed by atoms with E-state index < -0.39 is 6.04 Å². The van der Waals surface area contributed by atoms with Crippen molar-refractivity contribution in [3.05, 3.63) is 27.7 Å². The van der Waals surface area contributed by atoms with Gasteiger partial charge in [-0.2, -0.15) is 0 Å². The highest BCUT2D eigenvalue weighted by Crippen LogP contribution is 2.40. The Hall–Kier alpha value is -1.46. The Morgan fingerprint density at radius 3 is 2.78 bits per heavy atom. The van der Waals surface area contributed by atoms with Crippen LogP contribution in [0, 0.1) is 0 Å². The fraction of sp³-hybridized carbons (Fsp3) is 0.500. The van der Waals surface area contributed by atoms with E-state index in [9.17, 15) is 9.59 Å². The molecule has 2 atom stereocenters. The van der Waals surface area contributed by atoms with Crippen LogP contribution in [0.5, 0.6) is 0 Å². The summed E-state index contributed by atoms with van der Waals surface area (Å²) in [6, 6.07) is 2.42. The van der Waals surface area contributed by atoms with Crippen LogP contribution in [0.4, 0.5) is 5.69 Å². The smallest absolute Gasteiger partial charge is 0.328 e. The summed E-state index contributed by atoms with van der Waals surface area (Å²) in [5.41, 5.74) is 1.39. The van der Waals surface area contributed by atoms with Crippen molar-refractivity contribution in [3.63, 3.8) is 0 Å². The number of unbranched alkanes of at least 4 members (excludes halogenated alkanes) is 1. The highest BCUT2D eigenvalue weighted by molar-refractivity contribution is 6.35. The van der Waals surface area contributed by atoms with Crippen molar-refractivity contribution in [2.24, 2.45) is 0 Å². The fourth-order valence-electron chi connectivity index (χ4n) is 2.69. The van der Waals surface area contributed by atoms with Crippen LogP contribution >= 0.6 is 23.2 Å². The number of anilines is 1. The molecular weight excluding hydrogens is 339 g/mol. The molecule has 0 radical (unpaired) electrons. The lowest BCUT2D eigenvalue weighted by Crippen LogP contribution is -2.41. The summed E-state index contributed by atoms with van der Waals surface area (Å²) in [6.07, 6.45) is 2.58. The number of ether oxygens (including phenoxy) is 1. The molecule has 5 nitrogen and oxygen atoms in total. The van der Waals surface area contributed by atoms with E-state index in [4.69, 9.17) is 27.9 Å². The lowest BCUT2D eigenvalue weighted by molar-refractivity contribution is -0.142. The molecule has 0 fully saturated rings. The predicted octanol–water partition coefficient (Wildman–Crippen LogP) is 3.70. The van der Waals surface area contributed by atoms with Gasteiger partial charge in [-0.1, -0.05) is 36.5 Å². The number of carbonyl (C=O) groups is 2. The van der Waals surface area contributed by atoms with Gasteiger partial charge in [-0.15, -0.1) is 0 Å². The number of rotatable bonds is 5. The Morgan fingerprint density at radius 1 is 1.39 bits per heavy atom. The molecule has 0 saturated heterocycles. The second-order valence-electron chi connectivity index (χ2n) is 5.53. The van der Waals surface area contributed by atoms with Gasteiger partial charge < -0.3 is 15.4 Å². The standard InChI is InChI=1S/C16H20Cl2N2O3/c1-3-4-5-14(21)20-12-8-13(16(22)23-2)19-11-7-9(17)6-10(18)15(11)12/h6-7,12-13,19H,3-5,8H2,1-2H3,(H,20,21). The van der Waals surface area contributed by atoms with Crippen LogP contribution in [0.25, 0.3) is 0 Å². The van der Waals surface area contributed by atoms with Gasteiger partial charge in [-0.3, -0.25) is 4.79 Å². The van der Waals surface area contributed by atoms with Crippen LogP contribution in [0.2, 0.25) is 10.0 Å². The highest BCUT2D eigenvalue weighted by atomic mass is 35.5. The lowest BCUT2D eigenvalue weighted by Gasteiger charge is -2.33. The van der Waals surface area contributed by atoms with E-state index in [1.807, 2.05) is 6.92 Å². The molecule has 1 aliphatic heterocycles. The fourth-order valence-corrected chi connectivity index (χ4v) is 3.32. The number of amides is 1. The Morgan fingerprint density at radius 2 is 2.13 bits per heavy atom. The van der Waals surface area contributed by atoms with Crippen molar-refractivity contribution >= 4 is 40.8 Å². The zero-order valence-electron chi connectivity index (χ0n) is 13.1. The van der Waals surface area contributed by atoms with Gasteiger partial charge in [0.2, 0.25) is 5.91 Å². The number of fused-ring (bicyclic) bond motifs is 1. The van der Waals surface area contributed by atoms with E-state index >= 15 is 0 Å². The molecule has 126 valence electrons. The number of benzene rings is 1. The molecule has 2 unspecified atom stereocenters. The van der Waals surface area contributed by atoms with Crippen LogP contribution in [-0.2, 0) is 14.3 Å². The summed E-state index contributed by atoms with van der Waals surface area (Å²) < 4.78 is 4.80. The number of carbonyl (C=O) groups excluding carboxylic acids is 2. The maximum atomic E-state index is 12.1.